The van der Waals surface area contributed by atoms with Gasteiger partial charge in [-0.05, 0) is 24.1 Å². The van der Waals surface area contributed by atoms with E-state index in [1.54, 1.807) is 12.1 Å². The van der Waals surface area contributed by atoms with E-state index in [4.69, 9.17) is 15.4 Å². The number of hydrogen-bond donors (Lipinski definition) is 1. The van der Waals surface area contributed by atoms with Crippen LogP contribution in [0.3, 0.4) is 0 Å². The van der Waals surface area contributed by atoms with Crippen molar-refractivity contribution >= 4 is 22.8 Å². The number of hydrogen-bond acceptors (Lipinski definition) is 5. The Morgan fingerprint density at radius 3 is 2.95 bits per heavy atom. The monoisotopic (exact) mass is 258 g/mol. The van der Waals surface area contributed by atoms with E-state index in [9.17, 15) is 0 Å². The molecule has 0 amide bonds. The Labute approximate surface area is 112 Å². The highest BCUT2D eigenvalue weighted by molar-refractivity contribution is 5.78. The number of nitrogen functional groups attached to an aromatic ring is 1. The molecule has 5 heteroatoms. The predicted octanol–water partition coefficient (Wildman–Crippen LogP) is 2.79. The molecule has 2 N–H and O–H groups in total. The summed E-state index contributed by atoms with van der Waals surface area (Å²) in [5, 5.41) is 8.73. The van der Waals surface area contributed by atoms with Gasteiger partial charge in [-0.15, -0.1) is 0 Å². The van der Waals surface area contributed by atoms with E-state index in [1.807, 2.05) is 11.0 Å². The fourth-order valence-electron chi connectivity index (χ4n) is 1.96. The third-order valence-electron chi connectivity index (χ3n) is 2.75. The summed E-state index contributed by atoms with van der Waals surface area (Å²) in [7, 11) is 0. The first-order valence-electron chi connectivity index (χ1n) is 6.38. The summed E-state index contributed by atoms with van der Waals surface area (Å²) in [6.07, 6.45) is 0.452. The molecular weight excluding hydrogens is 240 g/mol. The molecule has 0 unspecified atom stereocenters. The summed E-state index contributed by atoms with van der Waals surface area (Å²) in [4.78, 5) is 6.45. The molecule has 0 atom stereocenters. The van der Waals surface area contributed by atoms with Crippen molar-refractivity contribution in [2.45, 2.75) is 20.3 Å². The van der Waals surface area contributed by atoms with Crippen molar-refractivity contribution in [2.75, 3.05) is 23.7 Å². The Kier molecular flexibility index (Phi) is 3.91. The number of nitrogens with two attached hydrogens (primary N) is 1. The molecule has 0 radical (unpaired) electrons. The third-order valence-corrected chi connectivity index (χ3v) is 2.75. The summed E-state index contributed by atoms with van der Waals surface area (Å²) in [6, 6.07) is 8.11. The zero-order chi connectivity index (χ0) is 13.8. The molecule has 0 aliphatic heterocycles. The molecule has 0 aliphatic carbocycles. The van der Waals surface area contributed by atoms with Gasteiger partial charge in [0, 0.05) is 18.8 Å². The zero-order valence-electron chi connectivity index (χ0n) is 11.3. The molecule has 0 fully saturated rings. The second-order valence-electron chi connectivity index (χ2n) is 4.97. The van der Waals surface area contributed by atoms with Crippen molar-refractivity contribution in [3.05, 3.63) is 18.2 Å². The van der Waals surface area contributed by atoms with Crippen LogP contribution in [0.4, 0.5) is 11.7 Å². The van der Waals surface area contributed by atoms with Gasteiger partial charge in [0.25, 0.3) is 6.01 Å². The first kappa shape index (κ1) is 13.2. The quantitative estimate of drug-likeness (QED) is 0.834. The average molecular weight is 258 g/mol. The van der Waals surface area contributed by atoms with E-state index in [0.717, 1.165) is 17.6 Å². The molecule has 1 aromatic carbocycles. The second-order valence-corrected chi connectivity index (χ2v) is 4.97. The minimum Gasteiger partial charge on any atom is -0.423 e. The molecule has 0 bridgehead atoms. The molecule has 0 saturated heterocycles. The van der Waals surface area contributed by atoms with Gasteiger partial charge >= 0.3 is 0 Å². The molecule has 2 rings (SSSR count). The first-order valence-corrected chi connectivity index (χ1v) is 6.38. The van der Waals surface area contributed by atoms with Crippen molar-refractivity contribution in [1.29, 1.82) is 5.26 Å². The number of nitriles is 1. The van der Waals surface area contributed by atoms with Crippen LogP contribution in [-0.2, 0) is 0 Å². The lowest BCUT2D eigenvalue weighted by atomic mass is 10.2. The molecule has 19 heavy (non-hydrogen) atoms. The fraction of sp³-hybridized carbons (Fsp3) is 0.429. The van der Waals surface area contributed by atoms with E-state index in [-0.39, 0.29) is 0 Å². The Hall–Kier alpha value is -2.22. The lowest BCUT2D eigenvalue weighted by Gasteiger charge is -2.21. The zero-order valence-corrected chi connectivity index (χ0v) is 11.3. The number of rotatable bonds is 5. The molecule has 100 valence electrons. The Morgan fingerprint density at radius 1 is 1.47 bits per heavy atom. The Balaban J connectivity index is 2.29. The van der Waals surface area contributed by atoms with Crippen LogP contribution in [-0.4, -0.2) is 18.1 Å². The van der Waals surface area contributed by atoms with Crippen LogP contribution in [0.1, 0.15) is 20.3 Å². The number of fused-ring (bicyclic) bond motifs is 1. The molecule has 5 nitrogen and oxygen atoms in total. The van der Waals surface area contributed by atoms with E-state index < -0.39 is 0 Å². The van der Waals surface area contributed by atoms with E-state index in [0.29, 0.717) is 30.6 Å². The van der Waals surface area contributed by atoms with E-state index in [1.165, 1.54) is 0 Å². The highest BCUT2D eigenvalue weighted by Crippen LogP contribution is 2.24. The van der Waals surface area contributed by atoms with Crippen LogP contribution in [0.5, 0.6) is 0 Å². The van der Waals surface area contributed by atoms with Gasteiger partial charge in [-0.3, -0.25) is 0 Å². The molecule has 0 saturated carbocycles. The van der Waals surface area contributed by atoms with E-state index in [2.05, 4.69) is 24.9 Å². The van der Waals surface area contributed by atoms with Crippen LogP contribution in [0.25, 0.3) is 11.1 Å². The molecule has 0 aliphatic rings. The van der Waals surface area contributed by atoms with Crippen LogP contribution in [0.2, 0.25) is 0 Å². The second kappa shape index (κ2) is 5.61. The maximum absolute atomic E-state index is 8.73. The number of aromatic nitrogens is 1. The predicted molar refractivity (Wildman–Crippen MR) is 75.7 cm³/mol. The summed E-state index contributed by atoms with van der Waals surface area (Å²) in [5.74, 6) is 0.471. The molecular formula is C14H18N4O. The number of nitrogens with zero attached hydrogens (tertiary/aromatic N) is 3. The van der Waals surface area contributed by atoms with Crippen LogP contribution >= 0.6 is 0 Å². The van der Waals surface area contributed by atoms with Crippen molar-refractivity contribution in [3.63, 3.8) is 0 Å². The number of oxazole rings is 1. The maximum Gasteiger partial charge on any atom is 0.298 e. The topological polar surface area (TPSA) is 79.1 Å². The largest absolute Gasteiger partial charge is 0.423 e. The van der Waals surface area contributed by atoms with Crippen molar-refractivity contribution < 1.29 is 4.42 Å². The standard InChI is InChI=1S/C14H18N4O/c1-10(2)9-18(7-3-6-15)14-17-12-8-11(16)4-5-13(12)19-14/h4-5,8,10H,3,7,9,16H2,1-2H3. The summed E-state index contributed by atoms with van der Waals surface area (Å²) < 4.78 is 5.73. The number of anilines is 2. The highest BCUT2D eigenvalue weighted by Gasteiger charge is 2.15. The van der Waals surface area contributed by atoms with Crippen molar-refractivity contribution in [2.24, 2.45) is 5.92 Å². The van der Waals surface area contributed by atoms with Crippen LogP contribution in [0.15, 0.2) is 22.6 Å². The summed E-state index contributed by atoms with van der Waals surface area (Å²) >= 11 is 0. The van der Waals surface area contributed by atoms with Gasteiger partial charge in [-0.1, -0.05) is 13.8 Å². The third kappa shape index (κ3) is 3.16. The van der Waals surface area contributed by atoms with Crippen LogP contribution in [0, 0.1) is 17.2 Å². The van der Waals surface area contributed by atoms with Crippen molar-refractivity contribution in [3.8, 4) is 6.07 Å². The Bertz CT molecular complexity index is 597. The van der Waals surface area contributed by atoms with Gasteiger partial charge in [0.2, 0.25) is 0 Å². The Morgan fingerprint density at radius 2 is 2.26 bits per heavy atom. The van der Waals surface area contributed by atoms with Gasteiger partial charge in [0.05, 0.1) is 12.5 Å². The lowest BCUT2D eigenvalue weighted by Crippen LogP contribution is -2.28. The smallest absolute Gasteiger partial charge is 0.298 e. The molecule has 0 spiro atoms. The molecule has 2 aromatic rings. The normalized spacial score (nSPS) is 10.8. The van der Waals surface area contributed by atoms with E-state index >= 15 is 0 Å². The minimum absolute atomic E-state index is 0.452. The molecule has 1 aromatic heterocycles. The van der Waals surface area contributed by atoms with Gasteiger partial charge < -0.3 is 15.1 Å². The lowest BCUT2D eigenvalue weighted by molar-refractivity contribution is 0.530. The summed E-state index contributed by atoms with van der Waals surface area (Å²) in [6.45, 7) is 5.68. The summed E-state index contributed by atoms with van der Waals surface area (Å²) in [5.41, 5.74) is 7.87. The van der Waals surface area contributed by atoms with Gasteiger partial charge in [0.15, 0.2) is 5.58 Å². The average Bonchev–Trinajstić information content (AvgIpc) is 2.76. The molecule has 1 heterocycles. The van der Waals surface area contributed by atoms with Gasteiger partial charge in [-0.25, -0.2) is 0 Å². The van der Waals surface area contributed by atoms with Gasteiger partial charge in [0.1, 0.15) is 5.52 Å². The van der Waals surface area contributed by atoms with Crippen LogP contribution < -0.4 is 10.6 Å². The maximum atomic E-state index is 8.73. The first-order chi connectivity index (χ1) is 9.10. The fourth-order valence-corrected chi connectivity index (χ4v) is 1.96. The highest BCUT2D eigenvalue weighted by atomic mass is 16.4. The SMILES string of the molecule is CC(C)CN(CCC#N)c1nc2cc(N)ccc2o1. The number of benzene rings is 1. The van der Waals surface area contributed by atoms with Gasteiger partial charge in [-0.2, -0.15) is 10.2 Å². The van der Waals surface area contributed by atoms with Crippen molar-refractivity contribution in [1.82, 2.24) is 4.98 Å². The minimum atomic E-state index is 0.452.